The second kappa shape index (κ2) is 5.15. The summed E-state index contributed by atoms with van der Waals surface area (Å²) in [6.45, 7) is 5.84. The van der Waals surface area contributed by atoms with E-state index in [2.05, 4.69) is 0 Å². The first-order valence-electron chi connectivity index (χ1n) is 5.46. The first kappa shape index (κ1) is 13.5. The molecule has 0 heterocycles. The Morgan fingerprint density at radius 2 is 2.06 bits per heavy atom. The lowest BCUT2D eigenvalue weighted by Crippen LogP contribution is -2.29. The fraction of sp³-hybridized carbons (Fsp3) is 0.538. The molecule has 0 aromatic heterocycles. The van der Waals surface area contributed by atoms with Gasteiger partial charge in [-0.25, -0.2) is 4.39 Å². The Hall–Kier alpha value is -0.600. The van der Waals surface area contributed by atoms with Crippen LogP contribution in [-0.2, 0) is 6.42 Å². The molecule has 3 heteroatoms. The molecule has 90 valence electrons. The molecule has 0 saturated carbocycles. The van der Waals surface area contributed by atoms with Crippen LogP contribution < -0.4 is 0 Å². The van der Waals surface area contributed by atoms with Crippen molar-refractivity contribution in [1.29, 1.82) is 0 Å². The molecular weight excluding hydrogens is 227 g/mol. The van der Waals surface area contributed by atoms with Gasteiger partial charge in [0.15, 0.2) is 0 Å². The molecule has 0 radical (unpaired) electrons. The van der Waals surface area contributed by atoms with Crippen molar-refractivity contribution in [2.45, 2.75) is 39.2 Å². The fourth-order valence-corrected chi connectivity index (χ4v) is 2.23. The largest absolute Gasteiger partial charge is 0.390 e. The molecule has 0 aliphatic rings. The van der Waals surface area contributed by atoms with Crippen molar-refractivity contribution in [2.75, 3.05) is 0 Å². The van der Waals surface area contributed by atoms with Crippen LogP contribution in [0.3, 0.4) is 0 Å². The monoisotopic (exact) mass is 244 g/mol. The molecule has 16 heavy (non-hydrogen) atoms. The Labute approximate surface area is 101 Å². The second-order valence-electron chi connectivity index (χ2n) is 5.01. The average molecular weight is 245 g/mol. The van der Waals surface area contributed by atoms with E-state index in [4.69, 9.17) is 11.6 Å². The minimum Gasteiger partial charge on any atom is -0.390 e. The van der Waals surface area contributed by atoms with E-state index in [1.165, 1.54) is 18.2 Å². The second-order valence-corrected chi connectivity index (χ2v) is 5.41. The van der Waals surface area contributed by atoms with Gasteiger partial charge in [0.2, 0.25) is 0 Å². The third-order valence-electron chi connectivity index (χ3n) is 2.43. The summed E-state index contributed by atoms with van der Waals surface area (Å²) < 4.78 is 13.0. The number of hydrogen-bond donors (Lipinski definition) is 1. The van der Waals surface area contributed by atoms with Gasteiger partial charge in [0, 0.05) is 11.4 Å². The number of rotatable bonds is 4. The molecule has 1 N–H and O–H groups in total. The van der Waals surface area contributed by atoms with Crippen molar-refractivity contribution in [3.05, 3.63) is 34.6 Å². The standard InChI is InChI=1S/C13H18ClFO/c1-9(2)7-13(3,16)8-10-6-11(15)4-5-12(10)14/h4-6,9,16H,7-8H2,1-3H3. The highest BCUT2D eigenvalue weighted by molar-refractivity contribution is 6.31. The summed E-state index contributed by atoms with van der Waals surface area (Å²) in [4.78, 5) is 0. The van der Waals surface area contributed by atoms with Crippen LogP contribution >= 0.6 is 11.6 Å². The molecule has 1 rings (SSSR count). The molecule has 0 fully saturated rings. The van der Waals surface area contributed by atoms with Gasteiger partial charge in [0.1, 0.15) is 5.82 Å². The minimum absolute atomic E-state index is 0.320. The van der Waals surface area contributed by atoms with Crippen LogP contribution in [-0.4, -0.2) is 10.7 Å². The van der Waals surface area contributed by atoms with Gasteiger partial charge in [-0.05, 0) is 43.0 Å². The zero-order chi connectivity index (χ0) is 12.3. The molecule has 0 aliphatic heterocycles. The SMILES string of the molecule is CC(C)CC(C)(O)Cc1cc(F)ccc1Cl. The topological polar surface area (TPSA) is 20.2 Å². The first-order chi connectivity index (χ1) is 7.30. The highest BCUT2D eigenvalue weighted by Gasteiger charge is 2.23. The predicted octanol–water partition coefficient (Wildman–Crippen LogP) is 3.82. The van der Waals surface area contributed by atoms with Crippen LogP contribution in [0.15, 0.2) is 18.2 Å². The molecule has 1 unspecified atom stereocenters. The number of aliphatic hydroxyl groups is 1. The molecule has 0 bridgehead atoms. The van der Waals surface area contributed by atoms with E-state index < -0.39 is 5.60 Å². The van der Waals surface area contributed by atoms with Crippen molar-refractivity contribution in [1.82, 2.24) is 0 Å². The number of benzene rings is 1. The van der Waals surface area contributed by atoms with E-state index in [0.29, 0.717) is 29.3 Å². The quantitative estimate of drug-likeness (QED) is 0.854. The number of hydrogen-bond acceptors (Lipinski definition) is 1. The summed E-state index contributed by atoms with van der Waals surface area (Å²) in [5.41, 5.74) is -0.182. The summed E-state index contributed by atoms with van der Waals surface area (Å²) in [5.74, 6) is 0.0714. The van der Waals surface area contributed by atoms with E-state index in [1.54, 1.807) is 6.92 Å². The average Bonchev–Trinajstić information content (AvgIpc) is 2.08. The van der Waals surface area contributed by atoms with Crippen molar-refractivity contribution in [3.63, 3.8) is 0 Å². The summed E-state index contributed by atoms with van der Waals surface area (Å²) >= 11 is 5.96. The molecule has 1 atom stereocenters. The lowest BCUT2D eigenvalue weighted by Gasteiger charge is -2.25. The molecule has 1 nitrogen and oxygen atoms in total. The maximum atomic E-state index is 13.0. The van der Waals surface area contributed by atoms with Gasteiger partial charge in [0.25, 0.3) is 0 Å². The van der Waals surface area contributed by atoms with Crippen molar-refractivity contribution >= 4 is 11.6 Å². The Balaban J connectivity index is 2.82. The maximum Gasteiger partial charge on any atom is 0.123 e. The third kappa shape index (κ3) is 4.11. The third-order valence-corrected chi connectivity index (χ3v) is 2.80. The van der Waals surface area contributed by atoms with Gasteiger partial charge in [-0.15, -0.1) is 0 Å². The first-order valence-corrected chi connectivity index (χ1v) is 5.84. The van der Waals surface area contributed by atoms with E-state index in [0.717, 1.165) is 0 Å². The smallest absolute Gasteiger partial charge is 0.123 e. The van der Waals surface area contributed by atoms with E-state index >= 15 is 0 Å². The van der Waals surface area contributed by atoms with E-state index in [1.807, 2.05) is 13.8 Å². The molecule has 1 aromatic carbocycles. The van der Waals surface area contributed by atoms with Crippen molar-refractivity contribution < 1.29 is 9.50 Å². The maximum absolute atomic E-state index is 13.0. The number of halogens is 2. The molecule has 0 spiro atoms. The minimum atomic E-state index is -0.842. The highest BCUT2D eigenvalue weighted by atomic mass is 35.5. The summed E-state index contributed by atoms with van der Waals surface area (Å²) in [6.07, 6.45) is 1.04. The van der Waals surface area contributed by atoms with Crippen LogP contribution in [0.4, 0.5) is 4.39 Å². The lowest BCUT2D eigenvalue weighted by molar-refractivity contribution is 0.0388. The normalized spacial score (nSPS) is 15.2. The summed E-state index contributed by atoms with van der Waals surface area (Å²) in [7, 11) is 0. The molecule has 0 aliphatic carbocycles. The van der Waals surface area contributed by atoms with Gasteiger partial charge < -0.3 is 5.11 Å². The highest BCUT2D eigenvalue weighted by Crippen LogP contribution is 2.26. The molecule has 0 saturated heterocycles. The molecule has 0 amide bonds. The molecular formula is C13H18ClFO. The van der Waals surface area contributed by atoms with Gasteiger partial charge >= 0.3 is 0 Å². The van der Waals surface area contributed by atoms with Gasteiger partial charge in [0.05, 0.1) is 5.60 Å². The fourth-order valence-electron chi connectivity index (χ4n) is 2.04. The Morgan fingerprint density at radius 3 is 2.62 bits per heavy atom. The lowest BCUT2D eigenvalue weighted by atomic mass is 9.88. The van der Waals surface area contributed by atoms with E-state index in [-0.39, 0.29) is 5.82 Å². The van der Waals surface area contributed by atoms with E-state index in [9.17, 15) is 9.50 Å². The van der Waals surface area contributed by atoms with Crippen LogP contribution in [0, 0.1) is 11.7 Å². The predicted molar refractivity (Wildman–Crippen MR) is 65.2 cm³/mol. The Morgan fingerprint density at radius 1 is 1.44 bits per heavy atom. The van der Waals surface area contributed by atoms with Gasteiger partial charge in [-0.2, -0.15) is 0 Å². The van der Waals surface area contributed by atoms with Crippen LogP contribution in [0.25, 0.3) is 0 Å². The van der Waals surface area contributed by atoms with Gasteiger partial charge in [-0.3, -0.25) is 0 Å². The Kier molecular flexibility index (Phi) is 4.34. The van der Waals surface area contributed by atoms with Gasteiger partial charge in [-0.1, -0.05) is 25.4 Å². The molecule has 1 aromatic rings. The van der Waals surface area contributed by atoms with Crippen LogP contribution in [0.1, 0.15) is 32.8 Å². The zero-order valence-corrected chi connectivity index (χ0v) is 10.7. The van der Waals surface area contributed by atoms with Crippen molar-refractivity contribution in [2.24, 2.45) is 5.92 Å². The Bertz CT molecular complexity index is 361. The van der Waals surface area contributed by atoms with Crippen LogP contribution in [0.5, 0.6) is 0 Å². The zero-order valence-electron chi connectivity index (χ0n) is 9.93. The van der Waals surface area contributed by atoms with Crippen LogP contribution in [0.2, 0.25) is 5.02 Å². The summed E-state index contributed by atoms with van der Waals surface area (Å²) in [5, 5.41) is 10.7. The summed E-state index contributed by atoms with van der Waals surface area (Å²) in [6, 6.07) is 4.23. The van der Waals surface area contributed by atoms with Crippen molar-refractivity contribution in [3.8, 4) is 0 Å².